The summed E-state index contributed by atoms with van der Waals surface area (Å²) >= 11 is 5.98. The van der Waals surface area contributed by atoms with Crippen molar-refractivity contribution in [3.8, 4) is 0 Å². The van der Waals surface area contributed by atoms with Gasteiger partial charge in [0.1, 0.15) is 0 Å². The monoisotopic (exact) mass is 426 g/mol. The van der Waals surface area contributed by atoms with E-state index in [-0.39, 0.29) is 17.6 Å². The number of anilines is 4. The number of nitrogens with one attached hydrogen (secondary N) is 5. The summed E-state index contributed by atoms with van der Waals surface area (Å²) in [7, 11) is 0. The summed E-state index contributed by atoms with van der Waals surface area (Å²) in [5.41, 5.74) is 1.89. The molecule has 1 aliphatic heterocycles. The molecule has 9 nitrogen and oxygen atoms in total. The van der Waals surface area contributed by atoms with Crippen molar-refractivity contribution in [1.29, 1.82) is 0 Å². The van der Waals surface area contributed by atoms with Gasteiger partial charge in [0.2, 0.25) is 0 Å². The van der Waals surface area contributed by atoms with E-state index in [1.165, 1.54) is 6.20 Å². The van der Waals surface area contributed by atoms with E-state index in [2.05, 4.69) is 41.4 Å². The second-order valence-corrected chi connectivity index (χ2v) is 7.60. The van der Waals surface area contributed by atoms with Crippen LogP contribution in [-0.4, -0.2) is 45.2 Å². The van der Waals surface area contributed by atoms with Gasteiger partial charge in [0.05, 0.1) is 6.20 Å². The maximum Gasteiger partial charge on any atom is 0.274 e. The lowest BCUT2D eigenvalue weighted by molar-refractivity contribution is 0.0926. The predicted octanol–water partition coefficient (Wildman–Crippen LogP) is 3.13. The molecule has 1 atom stereocenters. The number of hydrogen-bond acceptors (Lipinski definition) is 7. The highest BCUT2D eigenvalue weighted by Crippen LogP contribution is 2.22. The molecule has 2 aromatic heterocycles. The third-order valence-corrected chi connectivity index (χ3v) is 4.94. The van der Waals surface area contributed by atoms with Crippen LogP contribution in [-0.2, 0) is 0 Å². The van der Waals surface area contributed by atoms with E-state index in [1.807, 2.05) is 25.1 Å². The molecular weight excluding hydrogens is 404 g/mol. The lowest BCUT2D eigenvalue weighted by Gasteiger charge is -2.24. The number of carbonyl (C=O) groups is 1. The molecule has 3 aromatic rings. The molecule has 1 fully saturated rings. The summed E-state index contributed by atoms with van der Waals surface area (Å²) in [6.45, 7) is 3.63. The Kier molecular flexibility index (Phi) is 6.10. The molecule has 1 aliphatic rings. The number of nitrogens with zero attached hydrogens (tertiary/aromatic N) is 3. The minimum atomic E-state index is -0.269. The quantitative estimate of drug-likeness (QED) is 0.410. The highest BCUT2D eigenvalue weighted by atomic mass is 35.5. The number of amides is 1. The zero-order valence-corrected chi connectivity index (χ0v) is 17.3. The zero-order valence-electron chi connectivity index (χ0n) is 16.5. The van der Waals surface area contributed by atoms with E-state index >= 15 is 0 Å². The largest absolute Gasteiger partial charge is 0.347 e. The van der Waals surface area contributed by atoms with Crippen molar-refractivity contribution < 1.29 is 4.79 Å². The van der Waals surface area contributed by atoms with Gasteiger partial charge in [0, 0.05) is 35.1 Å². The first-order valence-corrected chi connectivity index (χ1v) is 10.1. The standard InChI is InChI=1S/C20H23ClN8O/c1-12-9-16(29-28-12)26-17-11-23-18(20(30)25-15-3-2-8-22-10-15)19(27-17)24-14-6-4-13(21)5-7-14/h4-7,9,11,15,22H,2-3,8,10H2,1H3,(H,25,30)(H3,24,26,27,28,29)/t15-/m1/s1. The Morgan fingerprint density at radius 3 is 2.73 bits per heavy atom. The number of carbonyl (C=O) groups excluding carboxylic acids is 1. The van der Waals surface area contributed by atoms with Crippen molar-refractivity contribution in [3.63, 3.8) is 0 Å². The normalized spacial score (nSPS) is 16.1. The molecule has 1 saturated heterocycles. The van der Waals surface area contributed by atoms with E-state index < -0.39 is 0 Å². The van der Waals surface area contributed by atoms with Gasteiger partial charge in [-0.3, -0.25) is 9.89 Å². The van der Waals surface area contributed by atoms with Gasteiger partial charge >= 0.3 is 0 Å². The number of aryl methyl sites for hydroxylation is 1. The smallest absolute Gasteiger partial charge is 0.274 e. The molecule has 0 saturated carbocycles. The number of halogens is 1. The maximum atomic E-state index is 12.9. The fourth-order valence-electron chi connectivity index (χ4n) is 3.21. The fourth-order valence-corrected chi connectivity index (χ4v) is 3.34. The lowest BCUT2D eigenvalue weighted by atomic mass is 10.1. The van der Waals surface area contributed by atoms with Crippen LogP contribution in [0.3, 0.4) is 0 Å². The van der Waals surface area contributed by atoms with E-state index in [9.17, 15) is 4.79 Å². The molecule has 5 N–H and O–H groups in total. The molecule has 4 rings (SSSR count). The maximum absolute atomic E-state index is 12.9. The molecule has 0 radical (unpaired) electrons. The van der Waals surface area contributed by atoms with Crippen LogP contribution in [0.2, 0.25) is 5.02 Å². The van der Waals surface area contributed by atoms with Gasteiger partial charge < -0.3 is 21.3 Å². The summed E-state index contributed by atoms with van der Waals surface area (Å²) in [6, 6.07) is 9.08. The number of H-pyrrole nitrogens is 1. The SMILES string of the molecule is Cc1cc(Nc2cnc(C(=O)N[C@@H]3CCCNC3)c(Nc3ccc(Cl)cc3)n2)n[nH]1. The van der Waals surface area contributed by atoms with Crippen LogP contribution in [0, 0.1) is 6.92 Å². The predicted molar refractivity (Wildman–Crippen MR) is 117 cm³/mol. The Morgan fingerprint density at radius 1 is 1.20 bits per heavy atom. The first-order valence-electron chi connectivity index (χ1n) is 9.77. The highest BCUT2D eigenvalue weighted by Gasteiger charge is 2.21. The van der Waals surface area contributed by atoms with Crippen molar-refractivity contribution >= 4 is 40.6 Å². The molecular formula is C20H23ClN8O. The Balaban J connectivity index is 1.59. The molecule has 3 heterocycles. The minimum Gasteiger partial charge on any atom is -0.347 e. The van der Waals surface area contributed by atoms with Crippen LogP contribution >= 0.6 is 11.6 Å². The first kappa shape index (κ1) is 20.1. The molecule has 0 unspecified atom stereocenters. The van der Waals surface area contributed by atoms with Crippen molar-refractivity contribution in [3.05, 3.63) is 52.9 Å². The summed E-state index contributed by atoms with van der Waals surface area (Å²) in [4.78, 5) is 21.8. The van der Waals surface area contributed by atoms with Crippen molar-refractivity contribution in [2.45, 2.75) is 25.8 Å². The molecule has 0 aliphatic carbocycles. The Bertz CT molecular complexity index is 1010. The number of benzene rings is 1. The zero-order chi connectivity index (χ0) is 20.9. The Hall–Kier alpha value is -3.17. The van der Waals surface area contributed by atoms with E-state index in [4.69, 9.17) is 11.6 Å². The topological polar surface area (TPSA) is 120 Å². The van der Waals surface area contributed by atoms with Crippen molar-refractivity contribution in [2.75, 3.05) is 23.7 Å². The van der Waals surface area contributed by atoms with Crippen LogP contribution < -0.4 is 21.3 Å². The van der Waals surface area contributed by atoms with Gasteiger partial charge in [0.25, 0.3) is 5.91 Å². The van der Waals surface area contributed by atoms with Crippen LogP contribution in [0.15, 0.2) is 36.5 Å². The van der Waals surface area contributed by atoms with Crippen LogP contribution in [0.25, 0.3) is 0 Å². The molecule has 1 aromatic carbocycles. The third kappa shape index (κ3) is 5.05. The van der Waals surface area contributed by atoms with Crippen LogP contribution in [0.1, 0.15) is 29.0 Å². The fraction of sp³-hybridized carbons (Fsp3) is 0.300. The van der Waals surface area contributed by atoms with E-state index in [0.29, 0.717) is 22.5 Å². The molecule has 30 heavy (non-hydrogen) atoms. The summed E-state index contributed by atoms with van der Waals surface area (Å²) in [5.74, 6) is 1.16. The molecule has 1 amide bonds. The molecule has 156 valence electrons. The second-order valence-electron chi connectivity index (χ2n) is 7.16. The van der Waals surface area contributed by atoms with Gasteiger partial charge in [-0.15, -0.1) is 0 Å². The van der Waals surface area contributed by atoms with Gasteiger partial charge in [-0.05, 0) is 50.6 Å². The lowest BCUT2D eigenvalue weighted by Crippen LogP contribution is -2.45. The number of aromatic amines is 1. The third-order valence-electron chi connectivity index (χ3n) is 4.69. The van der Waals surface area contributed by atoms with Gasteiger partial charge in [-0.25, -0.2) is 9.97 Å². The van der Waals surface area contributed by atoms with Gasteiger partial charge in [0.15, 0.2) is 23.1 Å². The summed E-state index contributed by atoms with van der Waals surface area (Å²) in [6.07, 6.45) is 3.48. The summed E-state index contributed by atoms with van der Waals surface area (Å²) < 4.78 is 0. The van der Waals surface area contributed by atoms with Gasteiger partial charge in [-0.1, -0.05) is 11.6 Å². The van der Waals surface area contributed by atoms with E-state index in [0.717, 1.165) is 37.3 Å². The Morgan fingerprint density at radius 2 is 2.03 bits per heavy atom. The number of rotatable bonds is 6. The number of hydrogen-bond donors (Lipinski definition) is 5. The Labute approximate surface area is 179 Å². The first-order chi connectivity index (χ1) is 14.6. The van der Waals surface area contributed by atoms with Crippen molar-refractivity contribution in [2.24, 2.45) is 0 Å². The van der Waals surface area contributed by atoms with Gasteiger partial charge in [-0.2, -0.15) is 5.10 Å². The average molecular weight is 427 g/mol. The van der Waals surface area contributed by atoms with E-state index in [1.54, 1.807) is 12.1 Å². The number of piperidine rings is 1. The highest BCUT2D eigenvalue weighted by molar-refractivity contribution is 6.30. The average Bonchev–Trinajstić information content (AvgIpc) is 3.15. The summed E-state index contributed by atoms with van der Waals surface area (Å²) in [5, 5.41) is 20.2. The van der Waals surface area contributed by atoms with Crippen molar-refractivity contribution in [1.82, 2.24) is 30.8 Å². The molecule has 0 bridgehead atoms. The minimum absolute atomic E-state index is 0.0706. The molecule has 10 heteroatoms. The van der Waals surface area contributed by atoms with Crippen LogP contribution in [0.4, 0.5) is 23.1 Å². The number of aromatic nitrogens is 4. The second kappa shape index (κ2) is 9.10. The molecule has 0 spiro atoms. The van der Waals surface area contributed by atoms with Crippen LogP contribution in [0.5, 0.6) is 0 Å².